The van der Waals surface area contributed by atoms with Crippen LogP contribution in [0.25, 0.3) is 0 Å². The van der Waals surface area contributed by atoms with Gasteiger partial charge < -0.3 is 5.11 Å². The Bertz CT molecular complexity index is 320. The van der Waals surface area contributed by atoms with Gasteiger partial charge >= 0.3 is 0 Å². The van der Waals surface area contributed by atoms with Crippen molar-refractivity contribution in [1.29, 1.82) is 0 Å². The second-order valence-corrected chi connectivity index (χ2v) is 4.84. The highest BCUT2D eigenvalue weighted by Gasteiger charge is 2.52. The van der Waals surface area contributed by atoms with E-state index < -0.39 is 5.60 Å². The van der Waals surface area contributed by atoms with E-state index in [0.717, 1.165) is 18.4 Å². The molecule has 1 aliphatic carbocycles. The van der Waals surface area contributed by atoms with E-state index in [2.05, 4.69) is 37.4 Å². The fourth-order valence-electron chi connectivity index (χ4n) is 2.03. The lowest BCUT2D eigenvalue weighted by Crippen LogP contribution is -2.07. The summed E-state index contributed by atoms with van der Waals surface area (Å²) in [6.45, 7) is 2.14. The number of rotatable bonds is 3. The molecular weight excluding hydrogens is 192 g/mol. The number of hydrogen-bond donors (Lipinski definition) is 1. The van der Waals surface area contributed by atoms with Crippen LogP contribution in [0.1, 0.15) is 25.3 Å². The molecule has 2 heteroatoms. The van der Waals surface area contributed by atoms with Gasteiger partial charge in [-0.3, -0.25) is 0 Å². The lowest BCUT2D eigenvalue weighted by molar-refractivity contribution is 0.130. The monoisotopic (exact) mass is 208 g/mol. The van der Waals surface area contributed by atoms with Gasteiger partial charge in [-0.25, -0.2) is 0 Å². The molecule has 0 radical (unpaired) electrons. The predicted molar refractivity (Wildman–Crippen MR) is 60.5 cm³/mol. The van der Waals surface area contributed by atoms with Crippen molar-refractivity contribution in [3.05, 3.63) is 29.8 Å². The van der Waals surface area contributed by atoms with Crippen molar-refractivity contribution < 1.29 is 5.11 Å². The van der Waals surface area contributed by atoms with Crippen LogP contribution in [0, 0.1) is 5.92 Å². The van der Waals surface area contributed by atoms with E-state index in [1.165, 1.54) is 4.90 Å². The van der Waals surface area contributed by atoms with Crippen molar-refractivity contribution in [2.45, 2.75) is 30.3 Å². The summed E-state index contributed by atoms with van der Waals surface area (Å²) in [5.74, 6) is 0.475. The van der Waals surface area contributed by atoms with Gasteiger partial charge in [0.1, 0.15) is 0 Å². The Labute approximate surface area is 89.5 Å². The van der Waals surface area contributed by atoms with E-state index in [9.17, 15) is 5.11 Å². The lowest BCUT2D eigenvalue weighted by Gasteiger charge is -2.10. The first-order valence-electron chi connectivity index (χ1n) is 5.07. The highest BCUT2D eigenvalue weighted by atomic mass is 32.2. The minimum Gasteiger partial charge on any atom is -0.385 e. The largest absolute Gasteiger partial charge is 0.385 e. The fraction of sp³-hybridized carbons (Fsp3) is 0.500. The van der Waals surface area contributed by atoms with Gasteiger partial charge in [0.15, 0.2) is 0 Å². The molecule has 0 aliphatic heterocycles. The van der Waals surface area contributed by atoms with E-state index in [-0.39, 0.29) is 0 Å². The van der Waals surface area contributed by atoms with Crippen LogP contribution in [0.2, 0.25) is 0 Å². The van der Waals surface area contributed by atoms with Gasteiger partial charge in [-0.2, -0.15) is 0 Å². The summed E-state index contributed by atoms with van der Waals surface area (Å²) in [5, 5.41) is 10.2. The number of benzene rings is 1. The summed E-state index contributed by atoms with van der Waals surface area (Å²) in [6, 6.07) is 8.29. The molecule has 1 N–H and O–H groups in total. The molecule has 2 atom stereocenters. The van der Waals surface area contributed by atoms with Gasteiger partial charge in [0, 0.05) is 4.90 Å². The summed E-state index contributed by atoms with van der Waals surface area (Å²) in [4.78, 5) is 1.26. The van der Waals surface area contributed by atoms with Crippen molar-refractivity contribution in [1.82, 2.24) is 0 Å². The molecule has 0 heterocycles. The maximum absolute atomic E-state index is 10.2. The number of aliphatic hydroxyl groups is 1. The topological polar surface area (TPSA) is 20.2 Å². The van der Waals surface area contributed by atoms with Gasteiger partial charge in [0.05, 0.1) is 5.60 Å². The maximum Gasteiger partial charge on any atom is 0.0929 e. The molecule has 1 aromatic rings. The zero-order valence-corrected chi connectivity index (χ0v) is 9.47. The predicted octanol–water partition coefficient (Wildman–Crippen LogP) is 3.03. The quantitative estimate of drug-likeness (QED) is 0.770. The Morgan fingerprint density at radius 1 is 1.43 bits per heavy atom. The minimum absolute atomic E-state index is 0.475. The van der Waals surface area contributed by atoms with Gasteiger partial charge in [0.25, 0.3) is 0 Å². The molecule has 1 saturated carbocycles. The molecule has 0 spiro atoms. The van der Waals surface area contributed by atoms with Crippen LogP contribution < -0.4 is 0 Å². The molecule has 1 aromatic carbocycles. The van der Waals surface area contributed by atoms with Crippen molar-refractivity contribution >= 4 is 11.8 Å². The van der Waals surface area contributed by atoms with Gasteiger partial charge in [-0.15, -0.1) is 11.8 Å². The Kier molecular flexibility index (Phi) is 2.58. The summed E-state index contributed by atoms with van der Waals surface area (Å²) in [6.07, 6.45) is 4.07. The van der Waals surface area contributed by atoms with Crippen LogP contribution in [-0.2, 0) is 5.60 Å². The molecule has 2 rings (SSSR count). The van der Waals surface area contributed by atoms with E-state index >= 15 is 0 Å². The standard InChI is InChI=1S/C12H16OS/c1-3-9-8-12(9,13)10-4-6-11(14-2)7-5-10/h4-7,9,13H,3,8H2,1-2H3. The van der Waals surface area contributed by atoms with Crippen molar-refractivity contribution in [3.8, 4) is 0 Å². The maximum atomic E-state index is 10.2. The van der Waals surface area contributed by atoms with Crippen molar-refractivity contribution in [3.63, 3.8) is 0 Å². The molecular formula is C12H16OS. The lowest BCUT2D eigenvalue weighted by atomic mass is 10.1. The van der Waals surface area contributed by atoms with Gasteiger partial charge in [0.2, 0.25) is 0 Å². The smallest absolute Gasteiger partial charge is 0.0929 e. The summed E-state index contributed by atoms with van der Waals surface area (Å²) < 4.78 is 0. The van der Waals surface area contributed by atoms with Crippen molar-refractivity contribution in [2.75, 3.05) is 6.26 Å². The average molecular weight is 208 g/mol. The molecule has 0 bridgehead atoms. The van der Waals surface area contributed by atoms with Crippen LogP contribution in [0.5, 0.6) is 0 Å². The first-order valence-corrected chi connectivity index (χ1v) is 6.30. The third-order valence-electron chi connectivity index (χ3n) is 3.16. The number of thioether (sulfide) groups is 1. The molecule has 0 aromatic heterocycles. The highest BCUT2D eigenvalue weighted by molar-refractivity contribution is 7.98. The second-order valence-electron chi connectivity index (χ2n) is 3.96. The van der Waals surface area contributed by atoms with Gasteiger partial charge in [-0.1, -0.05) is 25.5 Å². The normalized spacial score (nSPS) is 30.4. The van der Waals surface area contributed by atoms with Crippen LogP contribution in [0.4, 0.5) is 0 Å². The molecule has 1 nitrogen and oxygen atoms in total. The SMILES string of the molecule is CCC1CC1(O)c1ccc(SC)cc1. The summed E-state index contributed by atoms with van der Waals surface area (Å²) in [5.41, 5.74) is 0.577. The van der Waals surface area contributed by atoms with Crippen molar-refractivity contribution in [2.24, 2.45) is 5.92 Å². The van der Waals surface area contributed by atoms with E-state index in [1.54, 1.807) is 11.8 Å². The molecule has 76 valence electrons. The second kappa shape index (κ2) is 3.59. The summed E-state index contributed by atoms with van der Waals surface area (Å²) in [7, 11) is 0. The molecule has 0 saturated heterocycles. The van der Waals surface area contributed by atoms with Crippen LogP contribution >= 0.6 is 11.8 Å². The fourth-order valence-corrected chi connectivity index (χ4v) is 2.44. The van der Waals surface area contributed by atoms with Gasteiger partial charge in [-0.05, 0) is 36.3 Å². The third kappa shape index (κ3) is 1.57. The molecule has 2 unspecified atom stereocenters. The summed E-state index contributed by atoms with van der Waals surface area (Å²) >= 11 is 1.73. The Hall–Kier alpha value is -0.470. The zero-order valence-electron chi connectivity index (χ0n) is 8.66. The Morgan fingerprint density at radius 2 is 2.07 bits per heavy atom. The van der Waals surface area contributed by atoms with Crippen LogP contribution in [0.15, 0.2) is 29.2 Å². The first-order chi connectivity index (χ1) is 6.70. The van der Waals surface area contributed by atoms with Crippen LogP contribution in [0.3, 0.4) is 0 Å². The first kappa shape index (κ1) is 10.1. The van der Waals surface area contributed by atoms with Crippen LogP contribution in [-0.4, -0.2) is 11.4 Å². The Morgan fingerprint density at radius 3 is 2.50 bits per heavy atom. The average Bonchev–Trinajstić information content (AvgIpc) is 2.91. The Balaban J connectivity index is 2.18. The number of hydrogen-bond acceptors (Lipinski definition) is 2. The third-order valence-corrected chi connectivity index (χ3v) is 3.90. The molecule has 14 heavy (non-hydrogen) atoms. The van der Waals surface area contributed by atoms with E-state index in [4.69, 9.17) is 0 Å². The minimum atomic E-state index is -0.508. The molecule has 0 amide bonds. The van der Waals surface area contributed by atoms with E-state index in [1.807, 2.05) is 0 Å². The molecule has 1 fully saturated rings. The zero-order chi connectivity index (χ0) is 10.2. The highest BCUT2D eigenvalue weighted by Crippen LogP contribution is 2.53. The molecule has 1 aliphatic rings. The van der Waals surface area contributed by atoms with E-state index in [0.29, 0.717) is 5.92 Å².